The van der Waals surface area contributed by atoms with Crippen LogP contribution in [0.4, 0.5) is 10.5 Å². The molecule has 0 aliphatic carbocycles. The van der Waals surface area contributed by atoms with Crippen LogP contribution < -0.4 is 16.4 Å². The molecule has 7 heteroatoms. The van der Waals surface area contributed by atoms with Crippen molar-refractivity contribution in [1.29, 1.82) is 0 Å². The van der Waals surface area contributed by atoms with E-state index in [4.69, 9.17) is 5.73 Å². The highest BCUT2D eigenvalue weighted by atomic mass is 16.2. The molecule has 2 saturated heterocycles. The van der Waals surface area contributed by atoms with Crippen LogP contribution in [-0.4, -0.2) is 41.4 Å². The van der Waals surface area contributed by atoms with Crippen LogP contribution in [0.25, 0.3) is 0 Å². The molecule has 7 nitrogen and oxygen atoms in total. The lowest BCUT2D eigenvalue weighted by Gasteiger charge is -2.37. The van der Waals surface area contributed by atoms with Crippen molar-refractivity contribution in [2.24, 2.45) is 0 Å². The van der Waals surface area contributed by atoms with Gasteiger partial charge in [-0.3, -0.25) is 14.9 Å². The van der Waals surface area contributed by atoms with E-state index in [-0.39, 0.29) is 11.8 Å². The van der Waals surface area contributed by atoms with Crippen molar-refractivity contribution in [3.63, 3.8) is 0 Å². The molecule has 3 rings (SSSR count). The fourth-order valence-corrected chi connectivity index (χ4v) is 2.78. The maximum atomic E-state index is 12.4. The Hall–Kier alpha value is -2.57. The van der Waals surface area contributed by atoms with E-state index in [0.29, 0.717) is 37.2 Å². The minimum atomic E-state index is -0.852. The number of urea groups is 1. The smallest absolute Gasteiger partial charge is 0.322 e. The second-order valence-corrected chi connectivity index (χ2v) is 5.40. The summed E-state index contributed by atoms with van der Waals surface area (Å²) in [6, 6.07) is 6.28. The standard InChI is InChI=1S/C14H16N4O3/c15-10-3-1-9(2-4-10)11(19)18-7-5-14(6-8-18)12(20)16-13(21)17-14/h1-4H,5-8,15H2,(H2,16,17,20,21). The highest BCUT2D eigenvalue weighted by molar-refractivity contribution is 6.07. The predicted octanol–water partition coefficient (Wildman–Crippen LogP) is 0.0830. The van der Waals surface area contributed by atoms with E-state index in [1.807, 2.05) is 0 Å². The van der Waals surface area contributed by atoms with Gasteiger partial charge in [0, 0.05) is 24.3 Å². The number of nitrogens with two attached hydrogens (primary N) is 1. The number of benzene rings is 1. The first-order chi connectivity index (χ1) is 10.00. The number of nitrogens with one attached hydrogen (secondary N) is 2. The summed E-state index contributed by atoms with van der Waals surface area (Å²) in [4.78, 5) is 37.1. The van der Waals surface area contributed by atoms with E-state index >= 15 is 0 Å². The second kappa shape index (κ2) is 4.76. The van der Waals surface area contributed by atoms with Gasteiger partial charge < -0.3 is 16.0 Å². The van der Waals surface area contributed by atoms with Crippen LogP contribution >= 0.6 is 0 Å². The minimum Gasteiger partial charge on any atom is -0.399 e. The highest BCUT2D eigenvalue weighted by Gasteiger charge is 2.48. The molecule has 1 aromatic carbocycles. The first-order valence-electron chi connectivity index (χ1n) is 6.79. The molecule has 2 heterocycles. The van der Waals surface area contributed by atoms with Crippen molar-refractivity contribution in [1.82, 2.24) is 15.5 Å². The van der Waals surface area contributed by atoms with E-state index in [0.717, 1.165) is 0 Å². The second-order valence-electron chi connectivity index (χ2n) is 5.40. The van der Waals surface area contributed by atoms with Crippen LogP contribution in [0.5, 0.6) is 0 Å². The van der Waals surface area contributed by atoms with Crippen LogP contribution in [-0.2, 0) is 4.79 Å². The Morgan fingerprint density at radius 2 is 1.76 bits per heavy atom. The lowest BCUT2D eigenvalue weighted by atomic mass is 9.87. The van der Waals surface area contributed by atoms with Crippen molar-refractivity contribution in [2.75, 3.05) is 18.8 Å². The Balaban J connectivity index is 1.68. The normalized spacial score (nSPS) is 20.3. The van der Waals surface area contributed by atoms with Gasteiger partial charge in [0.15, 0.2) is 0 Å². The number of piperidine rings is 1. The van der Waals surface area contributed by atoms with E-state index in [1.54, 1.807) is 29.2 Å². The summed E-state index contributed by atoms with van der Waals surface area (Å²) in [5, 5.41) is 4.92. The van der Waals surface area contributed by atoms with Crippen molar-refractivity contribution < 1.29 is 14.4 Å². The van der Waals surface area contributed by atoms with Gasteiger partial charge in [-0.15, -0.1) is 0 Å². The summed E-state index contributed by atoms with van der Waals surface area (Å²) in [6.07, 6.45) is 0.844. The molecular weight excluding hydrogens is 272 g/mol. The largest absolute Gasteiger partial charge is 0.399 e. The third kappa shape index (κ3) is 2.31. The Kier molecular flexibility index (Phi) is 3.04. The molecule has 4 N–H and O–H groups in total. The SMILES string of the molecule is Nc1ccc(C(=O)N2CCC3(CC2)NC(=O)NC3=O)cc1. The molecule has 0 aromatic heterocycles. The highest BCUT2D eigenvalue weighted by Crippen LogP contribution is 2.26. The van der Waals surface area contributed by atoms with Crippen LogP contribution in [0.1, 0.15) is 23.2 Å². The molecule has 0 atom stereocenters. The number of carbonyl (C=O) groups excluding carboxylic acids is 3. The van der Waals surface area contributed by atoms with Gasteiger partial charge in [0.05, 0.1) is 0 Å². The van der Waals surface area contributed by atoms with Gasteiger partial charge in [0.1, 0.15) is 5.54 Å². The number of amides is 4. The average molecular weight is 288 g/mol. The summed E-state index contributed by atoms with van der Waals surface area (Å²) in [7, 11) is 0. The summed E-state index contributed by atoms with van der Waals surface area (Å²) in [5.74, 6) is -0.387. The number of carbonyl (C=O) groups is 3. The number of nitrogens with zero attached hydrogens (tertiary/aromatic N) is 1. The lowest BCUT2D eigenvalue weighted by Crippen LogP contribution is -2.55. The molecular formula is C14H16N4O3. The number of anilines is 1. The Morgan fingerprint density at radius 3 is 2.29 bits per heavy atom. The fraction of sp³-hybridized carbons (Fsp3) is 0.357. The molecule has 2 aliphatic heterocycles. The number of hydrogen-bond donors (Lipinski definition) is 3. The molecule has 1 spiro atoms. The van der Waals surface area contributed by atoms with Crippen molar-refractivity contribution in [3.05, 3.63) is 29.8 Å². The van der Waals surface area contributed by atoms with Gasteiger partial charge in [0.2, 0.25) is 0 Å². The molecule has 4 amide bonds. The van der Waals surface area contributed by atoms with Gasteiger partial charge >= 0.3 is 6.03 Å². The number of rotatable bonds is 1. The molecule has 21 heavy (non-hydrogen) atoms. The van der Waals surface area contributed by atoms with Gasteiger partial charge in [-0.05, 0) is 37.1 Å². The van der Waals surface area contributed by atoms with Crippen molar-refractivity contribution in [2.45, 2.75) is 18.4 Å². The van der Waals surface area contributed by atoms with Crippen molar-refractivity contribution in [3.8, 4) is 0 Å². The van der Waals surface area contributed by atoms with E-state index in [1.165, 1.54) is 0 Å². The first-order valence-corrected chi connectivity index (χ1v) is 6.79. The van der Waals surface area contributed by atoms with Gasteiger partial charge in [-0.25, -0.2) is 4.79 Å². The molecule has 0 radical (unpaired) electrons. The maximum Gasteiger partial charge on any atom is 0.322 e. The Labute approximate surface area is 121 Å². The summed E-state index contributed by atoms with van der Waals surface area (Å²) < 4.78 is 0. The van der Waals surface area contributed by atoms with Crippen LogP contribution in [0.3, 0.4) is 0 Å². The van der Waals surface area contributed by atoms with Crippen molar-refractivity contribution >= 4 is 23.5 Å². The molecule has 0 saturated carbocycles. The van der Waals surface area contributed by atoms with Gasteiger partial charge in [-0.2, -0.15) is 0 Å². The monoisotopic (exact) mass is 288 g/mol. The molecule has 2 fully saturated rings. The molecule has 2 aliphatic rings. The summed E-state index contributed by atoms with van der Waals surface area (Å²) >= 11 is 0. The van der Waals surface area contributed by atoms with E-state index in [2.05, 4.69) is 10.6 Å². The zero-order valence-electron chi connectivity index (χ0n) is 11.4. The molecule has 110 valence electrons. The van der Waals surface area contributed by atoms with E-state index < -0.39 is 11.6 Å². The minimum absolute atomic E-state index is 0.0884. The third-order valence-electron chi connectivity index (χ3n) is 4.08. The lowest BCUT2D eigenvalue weighted by molar-refractivity contribution is -0.125. The summed E-state index contributed by atoms with van der Waals surface area (Å²) in [5.41, 5.74) is 5.93. The number of likely N-dealkylation sites (tertiary alicyclic amines) is 1. The molecule has 1 aromatic rings. The summed E-state index contributed by atoms with van der Waals surface area (Å²) in [6.45, 7) is 0.855. The Bertz CT molecular complexity index is 603. The first kappa shape index (κ1) is 13.4. The van der Waals surface area contributed by atoms with Gasteiger partial charge in [-0.1, -0.05) is 0 Å². The predicted molar refractivity (Wildman–Crippen MR) is 75.4 cm³/mol. The van der Waals surface area contributed by atoms with Gasteiger partial charge in [0.25, 0.3) is 11.8 Å². The van der Waals surface area contributed by atoms with Crippen LogP contribution in [0.2, 0.25) is 0 Å². The number of imide groups is 1. The van der Waals surface area contributed by atoms with E-state index in [9.17, 15) is 14.4 Å². The third-order valence-corrected chi connectivity index (χ3v) is 4.08. The average Bonchev–Trinajstić information content (AvgIpc) is 2.74. The van der Waals surface area contributed by atoms with Crippen LogP contribution in [0, 0.1) is 0 Å². The zero-order valence-corrected chi connectivity index (χ0v) is 11.4. The fourth-order valence-electron chi connectivity index (χ4n) is 2.78. The Morgan fingerprint density at radius 1 is 1.14 bits per heavy atom. The van der Waals surface area contributed by atoms with Crippen LogP contribution in [0.15, 0.2) is 24.3 Å². The maximum absolute atomic E-state index is 12.4. The molecule has 0 unspecified atom stereocenters. The quantitative estimate of drug-likeness (QED) is 0.503. The topological polar surface area (TPSA) is 105 Å². The number of nitrogen functional groups attached to an aromatic ring is 1. The number of hydrogen-bond acceptors (Lipinski definition) is 4. The molecule has 0 bridgehead atoms. The zero-order chi connectivity index (χ0) is 15.0.